The lowest BCUT2D eigenvalue weighted by atomic mass is 9.47. The highest BCUT2D eigenvalue weighted by atomic mass is 16.5. The van der Waals surface area contributed by atoms with Crippen LogP contribution in [0.3, 0.4) is 0 Å². The van der Waals surface area contributed by atoms with Gasteiger partial charge in [-0.3, -0.25) is 4.79 Å². The Balaban J connectivity index is 1.53. The third-order valence-electron chi connectivity index (χ3n) is 9.90. The molecule has 0 aromatic heterocycles. The summed E-state index contributed by atoms with van der Waals surface area (Å²) in [6, 6.07) is 0. The lowest BCUT2D eigenvalue weighted by Crippen LogP contribution is -2.51. The summed E-state index contributed by atoms with van der Waals surface area (Å²) in [6.45, 7) is 13.8. The lowest BCUT2D eigenvalue weighted by Gasteiger charge is -2.58. The quantitative estimate of drug-likeness (QED) is 0.356. The number of hydrogen-bond donors (Lipinski definition) is 0. The van der Waals surface area contributed by atoms with E-state index in [9.17, 15) is 4.79 Å². The Morgan fingerprint density at radius 3 is 2.53 bits per heavy atom. The summed E-state index contributed by atoms with van der Waals surface area (Å²) in [6.07, 6.45) is 17.7. The van der Waals surface area contributed by atoms with Crippen LogP contribution in [0.5, 0.6) is 0 Å². The van der Waals surface area contributed by atoms with Gasteiger partial charge in [0.2, 0.25) is 0 Å². The summed E-state index contributed by atoms with van der Waals surface area (Å²) in [4.78, 5) is 11.5. The molecule has 4 aliphatic rings. The Hall–Kier alpha value is -1.05. The first-order valence-electron chi connectivity index (χ1n) is 12.7. The fourth-order valence-electron chi connectivity index (χ4n) is 8.40. The predicted molar refractivity (Wildman–Crippen MR) is 124 cm³/mol. The van der Waals surface area contributed by atoms with E-state index < -0.39 is 0 Å². The van der Waals surface area contributed by atoms with E-state index in [0.29, 0.717) is 22.7 Å². The molecule has 3 fully saturated rings. The standard InChI is InChI=1S/C28H44O2/c1-18(2)7-8-19(3)24-11-12-25-23-10-9-21-17-22(30-20(4)29)13-15-27(21,5)26(23)14-16-28(24,25)6/h7-9,18-19,22-26H,10-17H2,1-6H3/b8-7+/t19-,22+,23+,24-,25+,26+,27+,28-/m1/s1. The molecule has 0 aromatic rings. The molecular weight excluding hydrogens is 368 g/mol. The molecule has 0 N–H and O–H groups in total. The minimum Gasteiger partial charge on any atom is -0.462 e. The Kier molecular flexibility index (Phi) is 6.01. The minimum absolute atomic E-state index is 0.108. The number of carbonyl (C=O) groups excluding carboxylic acids is 1. The van der Waals surface area contributed by atoms with Gasteiger partial charge >= 0.3 is 5.97 Å². The van der Waals surface area contributed by atoms with Gasteiger partial charge in [0.05, 0.1) is 0 Å². The molecular formula is C28H44O2. The molecule has 0 amide bonds. The molecule has 0 aromatic carbocycles. The van der Waals surface area contributed by atoms with Gasteiger partial charge in [-0.2, -0.15) is 0 Å². The van der Waals surface area contributed by atoms with Crippen molar-refractivity contribution in [2.45, 2.75) is 99.0 Å². The maximum atomic E-state index is 11.5. The number of esters is 1. The normalized spacial score (nSPS) is 44.2. The molecule has 4 aliphatic carbocycles. The first kappa shape index (κ1) is 22.2. The van der Waals surface area contributed by atoms with E-state index in [1.54, 1.807) is 12.5 Å². The summed E-state index contributed by atoms with van der Waals surface area (Å²) >= 11 is 0. The Labute approximate surface area is 184 Å². The van der Waals surface area contributed by atoms with Crippen LogP contribution in [0.2, 0.25) is 0 Å². The molecule has 0 radical (unpaired) electrons. The average Bonchev–Trinajstić information content (AvgIpc) is 3.03. The van der Waals surface area contributed by atoms with Crippen LogP contribution >= 0.6 is 0 Å². The zero-order chi connectivity index (χ0) is 21.7. The van der Waals surface area contributed by atoms with Gasteiger partial charge < -0.3 is 4.74 Å². The Bertz CT molecular complexity index is 718. The van der Waals surface area contributed by atoms with Crippen molar-refractivity contribution in [1.82, 2.24) is 0 Å². The van der Waals surface area contributed by atoms with Crippen molar-refractivity contribution in [1.29, 1.82) is 0 Å². The molecule has 0 spiro atoms. The molecule has 4 rings (SSSR count). The first-order valence-corrected chi connectivity index (χ1v) is 12.7. The topological polar surface area (TPSA) is 26.3 Å². The zero-order valence-electron chi connectivity index (χ0n) is 20.2. The van der Waals surface area contributed by atoms with Gasteiger partial charge in [-0.25, -0.2) is 0 Å². The smallest absolute Gasteiger partial charge is 0.302 e. The third-order valence-corrected chi connectivity index (χ3v) is 9.90. The largest absolute Gasteiger partial charge is 0.462 e. The number of ether oxygens (including phenoxy) is 1. The van der Waals surface area contributed by atoms with Crippen molar-refractivity contribution in [2.75, 3.05) is 0 Å². The monoisotopic (exact) mass is 412 g/mol. The van der Waals surface area contributed by atoms with Crippen LogP contribution in [0.4, 0.5) is 0 Å². The summed E-state index contributed by atoms with van der Waals surface area (Å²) in [5.41, 5.74) is 2.45. The number of fused-ring (bicyclic) bond motifs is 5. The highest BCUT2D eigenvalue weighted by molar-refractivity contribution is 5.66. The van der Waals surface area contributed by atoms with Crippen molar-refractivity contribution in [2.24, 2.45) is 46.3 Å². The average molecular weight is 413 g/mol. The van der Waals surface area contributed by atoms with Crippen LogP contribution in [-0.2, 0) is 9.53 Å². The van der Waals surface area contributed by atoms with Crippen molar-refractivity contribution in [3.63, 3.8) is 0 Å². The summed E-state index contributed by atoms with van der Waals surface area (Å²) in [5.74, 6) is 4.64. The molecule has 168 valence electrons. The van der Waals surface area contributed by atoms with Gasteiger partial charge in [0, 0.05) is 13.3 Å². The second-order valence-corrected chi connectivity index (χ2v) is 11.9. The van der Waals surface area contributed by atoms with Crippen LogP contribution in [0.25, 0.3) is 0 Å². The molecule has 30 heavy (non-hydrogen) atoms. The summed E-state index contributed by atoms with van der Waals surface area (Å²) < 4.78 is 5.60. The minimum atomic E-state index is -0.121. The van der Waals surface area contributed by atoms with E-state index in [-0.39, 0.29) is 12.1 Å². The second kappa shape index (κ2) is 8.14. The Morgan fingerprint density at radius 2 is 1.83 bits per heavy atom. The van der Waals surface area contributed by atoms with Crippen LogP contribution in [0.1, 0.15) is 92.9 Å². The van der Waals surface area contributed by atoms with Gasteiger partial charge in [0.1, 0.15) is 6.10 Å². The van der Waals surface area contributed by atoms with E-state index in [2.05, 4.69) is 52.8 Å². The van der Waals surface area contributed by atoms with E-state index in [1.807, 2.05) is 0 Å². The highest BCUT2D eigenvalue weighted by Crippen LogP contribution is 2.67. The molecule has 0 bridgehead atoms. The van der Waals surface area contributed by atoms with Crippen molar-refractivity contribution in [3.05, 3.63) is 23.8 Å². The van der Waals surface area contributed by atoms with Gasteiger partial charge in [-0.1, -0.05) is 58.4 Å². The second-order valence-electron chi connectivity index (χ2n) is 11.9. The molecule has 2 heteroatoms. The highest BCUT2D eigenvalue weighted by Gasteiger charge is 2.59. The fraction of sp³-hybridized carbons (Fsp3) is 0.821. The van der Waals surface area contributed by atoms with Crippen LogP contribution in [0, 0.1) is 46.3 Å². The maximum Gasteiger partial charge on any atom is 0.302 e. The van der Waals surface area contributed by atoms with Crippen molar-refractivity contribution in [3.8, 4) is 0 Å². The van der Waals surface area contributed by atoms with Crippen molar-refractivity contribution < 1.29 is 9.53 Å². The molecule has 0 unspecified atom stereocenters. The summed E-state index contributed by atoms with van der Waals surface area (Å²) in [7, 11) is 0. The predicted octanol–water partition coefficient (Wildman–Crippen LogP) is 7.35. The van der Waals surface area contributed by atoms with Crippen LogP contribution in [0.15, 0.2) is 23.8 Å². The number of allylic oxidation sites excluding steroid dienone is 3. The maximum absolute atomic E-state index is 11.5. The van der Waals surface area contributed by atoms with E-state index in [1.165, 1.54) is 38.5 Å². The number of carbonyl (C=O) groups is 1. The van der Waals surface area contributed by atoms with Gasteiger partial charge in [0.15, 0.2) is 0 Å². The molecule has 0 heterocycles. The van der Waals surface area contributed by atoms with Gasteiger partial charge in [0.25, 0.3) is 0 Å². The molecule has 0 saturated heterocycles. The molecule has 8 atom stereocenters. The Morgan fingerprint density at radius 1 is 1.07 bits per heavy atom. The van der Waals surface area contributed by atoms with Crippen LogP contribution in [-0.4, -0.2) is 12.1 Å². The van der Waals surface area contributed by atoms with E-state index in [4.69, 9.17) is 4.74 Å². The SMILES string of the molecule is CC(=O)O[C@H]1CC[C@@]2(C)C(=CC[C@H]3[C@@H]4CC[C@H]([C@H](C)/C=C/C(C)C)[C@@]4(C)CC[C@@H]32)C1. The number of hydrogen-bond acceptors (Lipinski definition) is 2. The zero-order valence-corrected chi connectivity index (χ0v) is 20.2. The van der Waals surface area contributed by atoms with Crippen molar-refractivity contribution >= 4 is 5.97 Å². The molecule has 0 aliphatic heterocycles. The van der Waals surface area contributed by atoms with E-state index >= 15 is 0 Å². The van der Waals surface area contributed by atoms with Gasteiger partial charge in [-0.15, -0.1) is 0 Å². The molecule has 2 nitrogen and oxygen atoms in total. The number of rotatable bonds is 4. The van der Waals surface area contributed by atoms with Crippen LogP contribution < -0.4 is 0 Å². The third kappa shape index (κ3) is 3.71. The fourth-order valence-corrected chi connectivity index (χ4v) is 8.40. The van der Waals surface area contributed by atoms with E-state index in [0.717, 1.165) is 36.5 Å². The summed E-state index contributed by atoms with van der Waals surface area (Å²) in [5, 5.41) is 0. The van der Waals surface area contributed by atoms with Gasteiger partial charge in [-0.05, 0) is 91.3 Å². The first-order chi connectivity index (χ1) is 14.1. The lowest BCUT2D eigenvalue weighted by molar-refractivity contribution is -0.148. The molecule has 3 saturated carbocycles.